The minimum Gasteiger partial charge on any atom is -0.508 e. The molecule has 1 saturated carbocycles. The van der Waals surface area contributed by atoms with E-state index in [2.05, 4.69) is 29.4 Å². The molecule has 1 unspecified atom stereocenters. The maximum Gasteiger partial charge on any atom is 0.227 e. The number of nitrogens with zero attached hydrogens (tertiary/aromatic N) is 1. The molecule has 0 spiro atoms. The van der Waals surface area contributed by atoms with Crippen molar-refractivity contribution in [3.8, 4) is 5.75 Å². The summed E-state index contributed by atoms with van der Waals surface area (Å²) in [6, 6.07) is 17.4. The van der Waals surface area contributed by atoms with Crippen molar-refractivity contribution < 1.29 is 9.90 Å². The van der Waals surface area contributed by atoms with Gasteiger partial charge in [0.1, 0.15) is 5.75 Å². The number of aromatic hydroxyl groups is 1. The molecule has 0 bridgehead atoms. The van der Waals surface area contributed by atoms with Gasteiger partial charge in [-0.3, -0.25) is 9.69 Å². The third-order valence-corrected chi connectivity index (χ3v) is 5.68. The van der Waals surface area contributed by atoms with Crippen molar-refractivity contribution >= 4 is 5.91 Å². The van der Waals surface area contributed by atoms with Crippen molar-refractivity contribution in [3.05, 3.63) is 65.7 Å². The number of phenols is 1. The number of carbonyl (C=O) groups is 1. The van der Waals surface area contributed by atoms with E-state index >= 15 is 0 Å². The highest BCUT2D eigenvalue weighted by Crippen LogP contribution is 2.41. The fourth-order valence-corrected chi connectivity index (χ4v) is 4.05. The predicted molar refractivity (Wildman–Crippen MR) is 113 cm³/mol. The topological polar surface area (TPSA) is 52.6 Å². The number of hydrogen-bond donors (Lipinski definition) is 2. The van der Waals surface area contributed by atoms with Gasteiger partial charge < -0.3 is 10.4 Å². The number of rotatable bonds is 9. The van der Waals surface area contributed by atoms with E-state index in [0.717, 1.165) is 24.4 Å². The number of nitrogens with one attached hydrogen (secondary N) is 1. The molecule has 0 radical (unpaired) electrons. The summed E-state index contributed by atoms with van der Waals surface area (Å²) in [7, 11) is 2.09. The van der Waals surface area contributed by atoms with Crippen LogP contribution in [0.25, 0.3) is 0 Å². The molecule has 2 N–H and O–H groups in total. The van der Waals surface area contributed by atoms with Crippen molar-refractivity contribution in [2.45, 2.75) is 39.2 Å². The summed E-state index contributed by atoms with van der Waals surface area (Å²) in [5.74, 6) is 1.00. The molecule has 0 aliphatic heterocycles. The van der Waals surface area contributed by atoms with Gasteiger partial charge in [0.25, 0.3) is 0 Å². The molecule has 150 valence electrons. The van der Waals surface area contributed by atoms with Crippen molar-refractivity contribution in [1.29, 1.82) is 0 Å². The van der Waals surface area contributed by atoms with Crippen LogP contribution < -0.4 is 5.32 Å². The van der Waals surface area contributed by atoms with E-state index in [9.17, 15) is 9.90 Å². The van der Waals surface area contributed by atoms with Crippen LogP contribution in [-0.4, -0.2) is 36.1 Å². The minimum absolute atomic E-state index is 0.0411. The van der Waals surface area contributed by atoms with Crippen LogP contribution in [-0.2, 0) is 11.2 Å². The van der Waals surface area contributed by atoms with Crippen molar-refractivity contribution in [1.82, 2.24) is 10.2 Å². The molecule has 1 amide bonds. The Morgan fingerprint density at radius 3 is 2.54 bits per heavy atom. The van der Waals surface area contributed by atoms with Crippen LogP contribution in [0.5, 0.6) is 5.75 Å². The molecular weight excluding hydrogens is 348 g/mol. The Bertz CT molecular complexity index is 784. The van der Waals surface area contributed by atoms with Crippen molar-refractivity contribution in [2.24, 2.45) is 11.3 Å². The Morgan fingerprint density at radius 2 is 1.89 bits per heavy atom. The standard InChI is InChI=1S/C24H32N2O2/c1-24(2,23(28)25-15-14-18-8-5-4-6-9-18)22(26(3)17-19-12-13-19)20-10-7-11-21(27)16-20/h4-11,16,19,22,27H,12-15,17H2,1-3H3,(H,25,28). The molecule has 1 aliphatic rings. The van der Waals surface area contributed by atoms with Gasteiger partial charge in [0, 0.05) is 19.1 Å². The van der Waals surface area contributed by atoms with E-state index in [4.69, 9.17) is 0 Å². The third kappa shape index (κ3) is 5.14. The monoisotopic (exact) mass is 380 g/mol. The summed E-state index contributed by atoms with van der Waals surface area (Å²) in [4.78, 5) is 15.4. The highest BCUT2D eigenvalue weighted by atomic mass is 16.3. The average molecular weight is 381 g/mol. The third-order valence-electron chi connectivity index (χ3n) is 5.68. The molecular formula is C24H32N2O2. The zero-order chi connectivity index (χ0) is 20.1. The van der Waals surface area contributed by atoms with E-state index in [1.54, 1.807) is 12.1 Å². The molecule has 1 atom stereocenters. The van der Waals surface area contributed by atoms with Crippen molar-refractivity contribution in [3.63, 3.8) is 0 Å². The second-order valence-corrected chi connectivity index (χ2v) is 8.59. The number of amides is 1. The first-order valence-electron chi connectivity index (χ1n) is 10.2. The van der Waals surface area contributed by atoms with Gasteiger partial charge >= 0.3 is 0 Å². The first kappa shape index (κ1) is 20.4. The van der Waals surface area contributed by atoms with Gasteiger partial charge in [0.15, 0.2) is 0 Å². The van der Waals surface area contributed by atoms with Gasteiger partial charge in [-0.15, -0.1) is 0 Å². The van der Waals surface area contributed by atoms with Crippen LogP contribution >= 0.6 is 0 Å². The zero-order valence-corrected chi connectivity index (χ0v) is 17.2. The summed E-state index contributed by atoms with van der Waals surface area (Å²) in [6.45, 7) is 5.60. The van der Waals surface area contributed by atoms with Gasteiger partial charge in [-0.25, -0.2) is 0 Å². The molecule has 4 nitrogen and oxygen atoms in total. The molecule has 2 aromatic rings. The lowest BCUT2D eigenvalue weighted by atomic mass is 9.78. The second-order valence-electron chi connectivity index (χ2n) is 8.59. The van der Waals surface area contributed by atoms with E-state index in [-0.39, 0.29) is 17.7 Å². The first-order chi connectivity index (χ1) is 13.4. The average Bonchev–Trinajstić information content (AvgIpc) is 3.46. The van der Waals surface area contributed by atoms with Gasteiger partial charge in [-0.2, -0.15) is 0 Å². The number of carbonyl (C=O) groups excluding carboxylic acids is 1. The van der Waals surface area contributed by atoms with Crippen LogP contribution in [0.4, 0.5) is 0 Å². The Hall–Kier alpha value is -2.33. The van der Waals surface area contributed by atoms with Gasteiger partial charge in [-0.05, 0) is 69.3 Å². The Balaban J connectivity index is 1.73. The van der Waals surface area contributed by atoms with Crippen LogP contribution in [0, 0.1) is 11.3 Å². The van der Waals surface area contributed by atoms with E-state index in [1.807, 2.05) is 44.2 Å². The Kier molecular flexibility index (Phi) is 6.40. The normalized spacial score (nSPS) is 15.4. The van der Waals surface area contributed by atoms with E-state index in [1.165, 1.54) is 18.4 Å². The summed E-state index contributed by atoms with van der Waals surface area (Å²) in [6.07, 6.45) is 3.35. The molecule has 28 heavy (non-hydrogen) atoms. The lowest BCUT2D eigenvalue weighted by Crippen LogP contribution is -2.47. The lowest BCUT2D eigenvalue weighted by molar-refractivity contribution is -0.133. The maximum absolute atomic E-state index is 13.2. The molecule has 1 aliphatic carbocycles. The van der Waals surface area contributed by atoms with Crippen LogP contribution in [0.2, 0.25) is 0 Å². The lowest BCUT2D eigenvalue weighted by Gasteiger charge is -2.40. The second kappa shape index (κ2) is 8.78. The molecule has 0 aromatic heterocycles. The van der Waals surface area contributed by atoms with Gasteiger partial charge in [0.2, 0.25) is 5.91 Å². The fourth-order valence-electron chi connectivity index (χ4n) is 4.05. The van der Waals surface area contributed by atoms with Crippen LogP contribution in [0.15, 0.2) is 54.6 Å². The quantitative estimate of drug-likeness (QED) is 0.687. The van der Waals surface area contributed by atoms with Gasteiger partial charge in [-0.1, -0.05) is 42.5 Å². The maximum atomic E-state index is 13.2. The molecule has 2 aromatic carbocycles. The highest BCUT2D eigenvalue weighted by Gasteiger charge is 2.41. The van der Waals surface area contributed by atoms with Gasteiger partial charge in [0.05, 0.1) is 5.41 Å². The number of phenolic OH excluding ortho intramolecular Hbond substituents is 1. The van der Waals surface area contributed by atoms with E-state index in [0.29, 0.717) is 6.54 Å². The summed E-state index contributed by atoms with van der Waals surface area (Å²) in [5, 5.41) is 13.1. The molecule has 0 heterocycles. The molecule has 4 heteroatoms. The molecule has 3 rings (SSSR count). The summed E-state index contributed by atoms with van der Waals surface area (Å²) >= 11 is 0. The van der Waals surface area contributed by atoms with Crippen LogP contribution in [0.3, 0.4) is 0 Å². The van der Waals surface area contributed by atoms with Crippen LogP contribution in [0.1, 0.15) is 43.9 Å². The number of benzene rings is 2. The smallest absolute Gasteiger partial charge is 0.227 e. The number of hydrogen-bond acceptors (Lipinski definition) is 3. The molecule has 0 saturated heterocycles. The highest BCUT2D eigenvalue weighted by molar-refractivity contribution is 5.83. The summed E-state index contributed by atoms with van der Waals surface area (Å²) < 4.78 is 0. The minimum atomic E-state index is -0.631. The predicted octanol–water partition coefficient (Wildman–Crippen LogP) is 4.16. The molecule has 1 fully saturated rings. The SMILES string of the molecule is CN(CC1CC1)C(c1cccc(O)c1)C(C)(C)C(=O)NCCc1ccccc1. The first-order valence-corrected chi connectivity index (χ1v) is 10.2. The van der Waals surface area contributed by atoms with E-state index < -0.39 is 5.41 Å². The van der Waals surface area contributed by atoms with Crippen molar-refractivity contribution in [2.75, 3.05) is 20.1 Å². The zero-order valence-electron chi connectivity index (χ0n) is 17.2. The fraction of sp³-hybridized carbons (Fsp3) is 0.458. The largest absolute Gasteiger partial charge is 0.508 e. The Labute approximate surface area is 168 Å². The summed E-state index contributed by atoms with van der Waals surface area (Å²) in [5.41, 5.74) is 1.57. The Morgan fingerprint density at radius 1 is 1.18 bits per heavy atom.